The summed E-state index contributed by atoms with van der Waals surface area (Å²) in [5.41, 5.74) is 0. The minimum atomic E-state index is -3.27. The van der Waals surface area contributed by atoms with E-state index >= 15 is 0 Å². The number of hydrogen-bond donors (Lipinski definition) is 1. The minimum Gasteiger partial charge on any atom is -0.469 e. The van der Waals surface area contributed by atoms with Crippen LogP contribution in [0.4, 0.5) is 0 Å². The molecule has 1 fully saturated rings. The third kappa shape index (κ3) is 5.82. The first-order valence-electron chi connectivity index (χ1n) is 6.50. The zero-order chi connectivity index (χ0) is 13.6. The van der Waals surface area contributed by atoms with Crippen LogP contribution in [0, 0.1) is 5.92 Å². The van der Waals surface area contributed by atoms with Gasteiger partial charge in [0, 0.05) is 12.5 Å². The number of ether oxygens (including phenoxy) is 1. The van der Waals surface area contributed by atoms with Crippen LogP contribution in [0.15, 0.2) is 0 Å². The van der Waals surface area contributed by atoms with Crippen LogP contribution >= 0.6 is 0 Å². The normalized spacial score (nSPS) is 24.8. The summed E-state index contributed by atoms with van der Waals surface area (Å²) in [5.74, 6) is 0.213. The lowest BCUT2D eigenvalue weighted by atomic mass is 9.88. The number of carbonyl (C=O) groups is 1. The first kappa shape index (κ1) is 15.4. The standard InChI is InChI=1S/C12H23NO4S/c1-10-5-3-6-11(9-10)13-18(15,16)8-4-7-12(14)17-2/h10-11,13H,3-9H2,1-2H3. The number of hydrogen-bond acceptors (Lipinski definition) is 4. The Bertz CT molecular complexity index is 366. The topological polar surface area (TPSA) is 72.5 Å². The van der Waals surface area contributed by atoms with Crippen molar-refractivity contribution in [1.29, 1.82) is 0 Å². The lowest BCUT2D eigenvalue weighted by molar-refractivity contribution is -0.140. The highest BCUT2D eigenvalue weighted by Gasteiger charge is 2.23. The van der Waals surface area contributed by atoms with Crippen molar-refractivity contribution in [3.05, 3.63) is 0 Å². The monoisotopic (exact) mass is 277 g/mol. The molecule has 2 atom stereocenters. The molecule has 5 nitrogen and oxygen atoms in total. The minimum absolute atomic E-state index is 0.00696. The van der Waals surface area contributed by atoms with Crippen LogP contribution in [0.5, 0.6) is 0 Å². The van der Waals surface area contributed by atoms with Gasteiger partial charge in [0.25, 0.3) is 0 Å². The number of esters is 1. The smallest absolute Gasteiger partial charge is 0.305 e. The maximum absolute atomic E-state index is 11.8. The predicted molar refractivity (Wildman–Crippen MR) is 69.6 cm³/mol. The second-order valence-corrected chi connectivity index (χ2v) is 6.96. The van der Waals surface area contributed by atoms with Gasteiger partial charge in [-0.05, 0) is 25.2 Å². The number of nitrogens with one attached hydrogen (secondary N) is 1. The molecule has 1 N–H and O–H groups in total. The lowest BCUT2D eigenvalue weighted by Crippen LogP contribution is -2.39. The van der Waals surface area contributed by atoms with Crippen LogP contribution in [0.1, 0.15) is 45.4 Å². The third-order valence-electron chi connectivity index (χ3n) is 3.30. The van der Waals surface area contributed by atoms with Crippen molar-refractivity contribution in [1.82, 2.24) is 4.72 Å². The van der Waals surface area contributed by atoms with Crippen molar-refractivity contribution >= 4 is 16.0 Å². The SMILES string of the molecule is COC(=O)CCCS(=O)(=O)NC1CCCC(C)C1. The van der Waals surface area contributed by atoms with E-state index in [2.05, 4.69) is 16.4 Å². The van der Waals surface area contributed by atoms with E-state index in [0.29, 0.717) is 12.3 Å². The number of methoxy groups -OCH3 is 1. The zero-order valence-corrected chi connectivity index (χ0v) is 12.0. The number of rotatable bonds is 6. The van der Waals surface area contributed by atoms with Crippen LogP contribution < -0.4 is 4.72 Å². The van der Waals surface area contributed by atoms with Crippen LogP contribution in [-0.2, 0) is 19.6 Å². The summed E-state index contributed by atoms with van der Waals surface area (Å²) >= 11 is 0. The highest BCUT2D eigenvalue weighted by atomic mass is 32.2. The maximum Gasteiger partial charge on any atom is 0.305 e. The molecule has 18 heavy (non-hydrogen) atoms. The van der Waals surface area contributed by atoms with Crippen LogP contribution in [0.3, 0.4) is 0 Å². The van der Waals surface area contributed by atoms with E-state index in [1.165, 1.54) is 13.5 Å². The Hall–Kier alpha value is -0.620. The van der Waals surface area contributed by atoms with Crippen LogP contribution in [0.25, 0.3) is 0 Å². The molecule has 1 rings (SSSR count). The molecule has 0 heterocycles. The summed E-state index contributed by atoms with van der Waals surface area (Å²) in [6, 6.07) is 0.0666. The molecule has 0 aromatic rings. The molecule has 106 valence electrons. The van der Waals surface area contributed by atoms with E-state index in [0.717, 1.165) is 19.3 Å². The Morgan fingerprint density at radius 2 is 2.11 bits per heavy atom. The first-order chi connectivity index (χ1) is 8.43. The van der Waals surface area contributed by atoms with Gasteiger partial charge in [0.1, 0.15) is 0 Å². The van der Waals surface area contributed by atoms with Gasteiger partial charge in [0.15, 0.2) is 0 Å². The van der Waals surface area contributed by atoms with Gasteiger partial charge in [-0.25, -0.2) is 13.1 Å². The Balaban J connectivity index is 2.32. The van der Waals surface area contributed by atoms with Gasteiger partial charge in [-0.1, -0.05) is 19.8 Å². The fourth-order valence-electron chi connectivity index (χ4n) is 2.36. The van der Waals surface area contributed by atoms with Gasteiger partial charge in [-0.2, -0.15) is 0 Å². The molecule has 0 aliphatic heterocycles. The Labute approximate surface area is 109 Å². The van der Waals surface area contributed by atoms with Crippen molar-refractivity contribution < 1.29 is 17.9 Å². The van der Waals surface area contributed by atoms with Crippen molar-refractivity contribution in [3.8, 4) is 0 Å². The molecule has 6 heteroatoms. The molecule has 0 amide bonds. The highest BCUT2D eigenvalue weighted by Crippen LogP contribution is 2.23. The second kappa shape index (κ2) is 7.09. The third-order valence-corrected chi connectivity index (χ3v) is 4.82. The summed E-state index contributed by atoms with van der Waals surface area (Å²) in [7, 11) is -1.96. The second-order valence-electron chi connectivity index (χ2n) is 5.09. The van der Waals surface area contributed by atoms with Gasteiger partial charge >= 0.3 is 5.97 Å². The molecule has 1 aliphatic rings. The maximum atomic E-state index is 11.8. The van der Waals surface area contributed by atoms with Gasteiger partial charge in [0.05, 0.1) is 12.9 Å². The van der Waals surface area contributed by atoms with E-state index in [9.17, 15) is 13.2 Å². The van der Waals surface area contributed by atoms with Crippen molar-refractivity contribution in [2.75, 3.05) is 12.9 Å². The molecule has 1 saturated carbocycles. The van der Waals surface area contributed by atoms with E-state index < -0.39 is 10.0 Å². The molecular formula is C12H23NO4S. The molecule has 0 aromatic heterocycles. The average Bonchev–Trinajstić information content (AvgIpc) is 2.27. The fraction of sp³-hybridized carbons (Fsp3) is 0.917. The summed E-state index contributed by atoms with van der Waals surface area (Å²) in [6.45, 7) is 2.15. The van der Waals surface area contributed by atoms with Crippen LogP contribution in [-0.4, -0.2) is 33.3 Å². The van der Waals surface area contributed by atoms with Gasteiger partial charge in [-0.15, -0.1) is 0 Å². The molecule has 0 aromatic carbocycles. The molecule has 0 saturated heterocycles. The van der Waals surface area contributed by atoms with Crippen LogP contribution in [0.2, 0.25) is 0 Å². The molecular weight excluding hydrogens is 254 g/mol. The number of carbonyl (C=O) groups excluding carboxylic acids is 1. The summed E-state index contributed by atoms with van der Waals surface area (Å²) < 4.78 is 30.8. The summed E-state index contributed by atoms with van der Waals surface area (Å²) in [6.07, 6.45) is 4.55. The molecule has 0 radical (unpaired) electrons. The molecule has 0 spiro atoms. The van der Waals surface area contributed by atoms with Gasteiger partial charge in [-0.3, -0.25) is 4.79 Å². The predicted octanol–water partition coefficient (Wildman–Crippen LogP) is 1.44. The summed E-state index contributed by atoms with van der Waals surface area (Å²) in [4.78, 5) is 10.9. The zero-order valence-electron chi connectivity index (χ0n) is 11.1. The molecule has 1 aliphatic carbocycles. The Kier molecular flexibility index (Phi) is 6.08. The van der Waals surface area contributed by atoms with E-state index in [1.807, 2.05) is 0 Å². The quantitative estimate of drug-likeness (QED) is 0.746. The van der Waals surface area contributed by atoms with Crippen molar-refractivity contribution in [3.63, 3.8) is 0 Å². The fourth-order valence-corrected chi connectivity index (χ4v) is 3.73. The van der Waals surface area contributed by atoms with Crippen molar-refractivity contribution in [2.24, 2.45) is 5.92 Å². The Morgan fingerprint density at radius 3 is 2.72 bits per heavy atom. The lowest BCUT2D eigenvalue weighted by Gasteiger charge is -2.27. The number of sulfonamides is 1. The summed E-state index contributed by atoms with van der Waals surface area (Å²) in [5, 5.41) is 0. The average molecular weight is 277 g/mol. The highest BCUT2D eigenvalue weighted by molar-refractivity contribution is 7.89. The molecule has 0 bridgehead atoms. The van der Waals surface area contributed by atoms with Gasteiger partial charge in [0.2, 0.25) is 10.0 Å². The van der Waals surface area contributed by atoms with E-state index in [-0.39, 0.29) is 24.2 Å². The first-order valence-corrected chi connectivity index (χ1v) is 8.15. The van der Waals surface area contributed by atoms with Crippen molar-refractivity contribution in [2.45, 2.75) is 51.5 Å². The Morgan fingerprint density at radius 1 is 1.39 bits per heavy atom. The van der Waals surface area contributed by atoms with E-state index in [4.69, 9.17) is 0 Å². The largest absolute Gasteiger partial charge is 0.469 e. The van der Waals surface area contributed by atoms with E-state index in [1.54, 1.807) is 0 Å². The van der Waals surface area contributed by atoms with Gasteiger partial charge < -0.3 is 4.74 Å². The molecule has 2 unspecified atom stereocenters.